The first-order chi connectivity index (χ1) is 18.6. The highest BCUT2D eigenvalue weighted by Crippen LogP contribution is 2.34. The largest absolute Gasteiger partial charge is 0.379 e. The van der Waals surface area contributed by atoms with E-state index in [2.05, 4.69) is 35.6 Å². The Morgan fingerprint density at radius 2 is 2.00 bits per heavy atom. The summed E-state index contributed by atoms with van der Waals surface area (Å²) in [4.78, 5) is 27.3. The predicted molar refractivity (Wildman–Crippen MR) is 138 cm³/mol. The summed E-state index contributed by atoms with van der Waals surface area (Å²) in [5.74, 6) is 0.180. The summed E-state index contributed by atoms with van der Waals surface area (Å²) in [5, 5.41) is 11.0. The Labute approximate surface area is 217 Å². The Morgan fingerprint density at radius 3 is 2.79 bits per heavy atom. The number of rotatable bonds is 7. The van der Waals surface area contributed by atoms with Crippen molar-refractivity contribution in [3.63, 3.8) is 0 Å². The number of carbonyl (C=O) groups excluding carboxylic acids is 1. The van der Waals surface area contributed by atoms with E-state index < -0.39 is 18.9 Å². The summed E-state index contributed by atoms with van der Waals surface area (Å²) in [7, 11) is 0. The summed E-state index contributed by atoms with van der Waals surface area (Å²) in [5.41, 5.74) is 3.19. The van der Waals surface area contributed by atoms with Crippen molar-refractivity contribution in [3.05, 3.63) is 42.6 Å². The van der Waals surface area contributed by atoms with Gasteiger partial charge in [0.2, 0.25) is 0 Å². The fourth-order valence-corrected chi connectivity index (χ4v) is 5.61. The van der Waals surface area contributed by atoms with Crippen molar-refractivity contribution in [2.24, 2.45) is 0 Å². The van der Waals surface area contributed by atoms with Gasteiger partial charge in [-0.05, 0) is 43.4 Å². The number of aromatic nitrogens is 5. The predicted octanol–water partition coefficient (Wildman–Crippen LogP) is 3.32. The highest BCUT2D eigenvalue weighted by molar-refractivity contribution is 6.04. The van der Waals surface area contributed by atoms with Crippen molar-refractivity contribution >= 4 is 28.3 Å². The molecule has 10 nitrogen and oxygen atoms in total. The standard InChI is InChI=1S/C26H30F2N8O2/c27-22(28)14-30-26(37)20-13-33-36-6-5-16(11-21(20)36)19-12-29-24-23(19)25(32-15-31-24)34-17-1-3-18(4-2-17)35-7-9-38-10-8-35/h5-6,11-13,15,17-18,22H,1-4,7-10,14H2,(H,30,37)(H2,29,31,32,34). The maximum Gasteiger partial charge on any atom is 0.255 e. The van der Waals surface area contributed by atoms with Crippen LogP contribution in [0.25, 0.3) is 27.7 Å². The molecule has 3 N–H and O–H groups in total. The number of nitrogens with one attached hydrogen (secondary N) is 3. The van der Waals surface area contributed by atoms with Crippen LogP contribution in [0.15, 0.2) is 37.1 Å². The van der Waals surface area contributed by atoms with E-state index in [1.807, 2.05) is 18.3 Å². The maximum absolute atomic E-state index is 12.6. The average molecular weight is 525 g/mol. The molecule has 1 amide bonds. The first-order valence-electron chi connectivity index (χ1n) is 13.0. The van der Waals surface area contributed by atoms with Crippen LogP contribution in [-0.2, 0) is 4.74 Å². The number of ether oxygens (including phenoxy) is 1. The van der Waals surface area contributed by atoms with Gasteiger partial charge in [-0.25, -0.2) is 23.3 Å². The second-order valence-electron chi connectivity index (χ2n) is 9.85. The lowest BCUT2D eigenvalue weighted by molar-refractivity contribution is 0.00791. The number of nitrogens with zero attached hydrogens (tertiary/aromatic N) is 5. The fourth-order valence-electron chi connectivity index (χ4n) is 5.61. The maximum atomic E-state index is 12.6. The number of alkyl halides is 2. The summed E-state index contributed by atoms with van der Waals surface area (Å²) in [6, 6.07) is 4.65. The van der Waals surface area contributed by atoms with Crippen LogP contribution in [0.4, 0.5) is 14.6 Å². The van der Waals surface area contributed by atoms with Gasteiger partial charge >= 0.3 is 0 Å². The summed E-state index contributed by atoms with van der Waals surface area (Å²) in [6.07, 6.45) is 8.34. The lowest BCUT2D eigenvalue weighted by Crippen LogP contribution is -2.46. The number of hydrogen-bond acceptors (Lipinski definition) is 7. The Kier molecular flexibility index (Phi) is 6.90. The van der Waals surface area contributed by atoms with Gasteiger partial charge in [0, 0.05) is 43.1 Å². The Balaban J connectivity index is 1.24. The van der Waals surface area contributed by atoms with Crippen LogP contribution in [0.3, 0.4) is 0 Å². The Hall–Kier alpha value is -3.64. The highest BCUT2D eigenvalue weighted by Gasteiger charge is 2.28. The molecule has 0 radical (unpaired) electrons. The van der Waals surface area contributed by atoms with Gasteiger partial charge in [0.1, 0.15) is 17.8 Å². The minimum atomic E-state index is -2.62. The molecule has 6 rings (SSSR count). The zero-order valence-corrected chi connectivity index (χ0v) is 20.9. The quantitative estimate of drug-likeness (QED) is 0.340. The number of amides is 1. The molecule has 4 aromatic rings. The van der Waals surface area contributed by atoms with E-state index in [1.54, 1.807) is 17.0 Å². The lowest BCUT2D eigenvalue weighted by Gasteiger charge is -2.39. The van der Waals surface area contributed by atoms with Crippen molar-refractivity contribution in [2.75, 3.05) is 38.2 Å². The number of carbonyl (C=O) groups is 1. The molecule has 0 bridgehead atoms. The third-order valence-electron chi connectivity index (χ3n) is 7.56. The number of H-pyrrole nitrogens is 1. The summed E-state index contributed by atoms with van der Waals surface area (Å²) in [6.45, 7) is 2.96. The summed E-state index contributed by atoms with van der Waals surface area (Å²) >= 11 is 0. The van der Waals surface area contributed by atoms with E-state index in [0.717, 1.165) is 74.3 Å². The molecule has 0 spiro atoms. The minimum Gasteiger partial charge on any atom is -0.379 e. The van der Waals surface area contributed by atoms with Crippen LogP contribution in [0.2, 0.25) is 0 Å². The molecule has 1 saturated heterocycles. The van der Waals surface area contributed by atoms with Gasteiger partial charge in [0.15, 0.2) is 0 Å². The molecule has 1 aliphatic heterocycles. The zero-order chi connectivity index (χ0) is 26.1. The van der Waals surface area contributed by atoms with Crippen molar-refractivity contribution in [3.8, 4) is 11.1 Å². The van der Waals surface area contributed by atoms with Crippen LogP contribution in [0.1, 0.15) is 36.0 Å². The number of halogens is 2. The molecular weight excluding hydrogens is 494 g/mol. The monoisotopic (exact) mass is 524 g/mol. The fraction of sp³-hybridized carbons (Fsp3) is 0.462. The van der Waals surface area contributed by atoms with E-state index >= 15 is 0 Å². The Morgan fingerprint density at radius 1 is 1.18 bits per heavy atom. The average Bonchev–Trinajstić information content (AvgIpc) is 3.57. The van der Waals surface area contributed by atoms with E-state index in [4.69, 9.17) is 4.74 Å². The topological polar surface area (TPSA) is 112 Å². The van der Waals surface area contributed by atoms with E-state index in [9.17, 15) is 13.6 Å². The molecule has 1 aliphatic carbocycles. The molecule has 0 atom stereocenters. The van der Waals surface area contributed by atoms with Crippen LogP contribution >= 0.6 is 0 Å². The van der Waals surface area contributed by atoms with E-state index in [-0.39, 0.29) is 5.56 Å². The molecule has 2 aliphatic rings. The SMILES string of the molecule is O=C(NCC(F)F)c1cnn2ccc(-c3c[nH]c4ncnc(NC5CCC(N6CCOCC6)CC5)c34)cc12. The Bertz CT molecular complexity index is 1420. The van der Waals surface area contributed by atoms with E-state index in [1.165, 1.54) is 6.20 Å². The smallest absolute Gasteiger partial charge is 0.255 e. The first-order valence-corrected chi connectivity index (χ1v) is 13.0. The number of pyridine rings is 1. The molecular formula is C26H30F2N8O2. The van der Waals surface area contributed by atoms with Gasteiger partial charge in [-0.1, -0.05) is 0 Å². The molecule has 200 valence electrons. The first kappa shape index (κ1) is 24.7. The lowest BCUT2D eigenvalue weighted by atomic mass is 9.90. The number of aromatic amines is 1. The van der Waals surface area contributed by atoms with Crippen LogP contribution in [-0.4, -0.2) is 86.7 Å². The van der Waals surface area contributed by atoms with Gasteiger partial charge in [0.25, 0.3) is 12.3 Å². The number of hydrogen-bond donors (Lipinski definition) is 3. The second-order valence-corrected chi connectivity index (χ2v) is 9.85. The van der Waals surface area contributed by atoms with Gasteiger partial charge in [-0.15, -0.1) is 0 Å². The molecule has 12 heteroatoms. The van der Waals surface area contributed by atoms with Crippen LogP contribution in [0.5, 0.6) is 0 Å². The minimum absolute atomic E-state index is 0.235. The molecule has 38 heavy (non-hydrogen) atoms. The van der Waals surface area contributed by atoms with Gasteiger partial charge in [-0.2, -0.15) is 5.10 Å². The number of anilines is 1. The molecule has 0 aromatic carbocycles. The van der Waals surface area contributed by atoms with Gasteiger partial charge < -0.3 is 20.4 Å². The third-order valence-corrected chi connectivity index (χ3v) is 7.56. The van der Waals surface area contributed by atoms with Crippen LogP contribution < -0.4 is 10.6 Å². The van der Waals surface area contributed by atoms with Gasteiger partial charge in [0.05, 0.1) is 42.4 Å². The van der Waals surface area contributed by atoms with E-state index in [0.29, 0.717) is 23.2 Å². The van der Waals surface area contributed by atoms with Crippen molar-refractivity contribution in [2.45, 2.75) is 44.2 Å². The van der Waals surface area contributed by atoms with Crippen molar-refractivity contribution in [1.82, 2.24) is 34.8 Å². The molecule has 4 aromatic heterocycles. The normalized spacial score (nSPS) is 20.8. The molecule has 5 heterocycles. The molecule has 0 unspecified atom stereocenters. The number of morpholine rings is 1. The van der Waals surface area contributed by atoms with Crippen molar-refractivity contribution in [1.29, 1.82) is 0 Å². The van der Waals surface area contributed by atoms with Crippen LogP contribution in [0, 0.1) is 0 Å². The second kappa shape index (κ2) is 10.6. The molecule has 1 saturated carbocycles. The zero-order valence-electron chi connectivity index (χ0n) is 20.9. The molecule has 2 fully saturated rings. The van der Waals surface area contributed by atoms with Crippen molar-refractivity contribution < 1.29 is 18.3 Å². The summed E-state index contributed by atoms with van der Waals surface area (Å²) < 4.78 is 32.3. The highest BCUT2D eigenvalue weighted by atomic mass is 19.3. The number of fused-ring (bicyclic) bond motifs is 2. The van der Waals surface area contributed by atoms with Gasteiger partial charge in [-0.3, -0.25) is 9.69 Å². The third kappa shape index (κ3) is 4.93.